The standard InChI is InChI=1S/C15H20N2O3/c1-15(2)9-6-10-17(15)14(20)16-12(13(18)19)11-7-4-3-5-8-11/h3-5,7-8,12H,6,9-10H2,1-2H3,(H,16,20)(H,18,19)/t12-/m1/s1. The summed E-state index contributed by atoms with van der Waals surface area (Å²) in [5, 5.41) is 11.9. The van der Waals surface area contributed by atoms with Crippen molar-refractivity contribution in [1.29, 1.82) is 0 Å². The van der Waals surface area contributed by atoms with Gasteiger partial charge >= 0.3 is 12.0 Å². The first-order chi connectivity index (χ1) is 9.42. The SMILES string of the molecule is CC1(C)CCCN1C(=O)N[C@@H](C(=O)O)c1ccccc1. The lowest BCUT2D eigenvalue weighted by Crippen LogP contribution is -2.49. The highest BCUT2D eigenvalue weighted by Crippen LogP contribution is 2.28. The number of benzene rings is 1. The molecular weight excluding hydrogens is 256 g/mol. The fourth-order valence-electron chi connectivity index (χ4n) is 2.62. The molecule has 5 nitrogen and oxygen atoms in total. The van der Waals surface area contributed by atoms with E-state index < -0.39 is 12.0 Å². The fraction of sp³-hybridized carbons (Fsp3) is 0.467. The van der Waals surface area contributed by atoms with Crippen molar-refractivity contribution in [3.05, 3.63) is 35.9 Å². The molecule has 1 atom stereocenters. The number of carboxylic acid groups (broad SMARTS) is 1. The lowest BCUT2D eigenvalue weighted by atomic mass is 10.0. The molecule has 2 amide bonds. The Kier molecular flexibility index (Phi) is 3.97. The van der Waals surface area contributed by atoms with Crippen LogP contribution in [0.5, 0.6) is 0 Å². The van der Waals surface area contributed by atoms with Crippen molar-refractivity contribution in [2.45, 2.75) is 38.3 Å². The normalized spacial score (nSPS) is 18.6. The van der Waals surface area contributed by atoms with Gasteiger partial charge in [-0.2, -0.15) is 0 Å². The van der Waals surface area contributed by atoms with E-state index in [0.29, 0.717) is 12.1 Å². The molecule has 0 unspecified atom stereocenters. The molecule has 0 spiro atoms. The van der Waals surface area contributed by atoms with Gasteiger partial charge in [0.1, 0.15) is 0 Å². The highest BCUT2D eigenvalue weighted by Gasteiger charge is 2.37. The molecule has 1 aliphatic rings. The highest BCUT2D eigenvalue weighted by molar-refractivity contribution is 5.84. The van der Waals surface area contributed by atoms with Gasteiger partial charge in [0, 0.05) is 12.1 Å². The second-order valence-corrected chi connectivity index (χ2v) is 5.70. The van der Waals surface area contributed by atoms with E-state index in [1.807, 2.05) is 19.9 Å². The predicted molar refractivity (Wildman–Crippen MR) is 75.4 cm³/mol. The minimum Gasteiger partial charge on any atom is -0.479 e. The van der Waals surface area contributed by atoms with E-state index in [0.717, 1.165) is 12.8 Å². The lowest BCUT2D eigenvalue weighted by Gasteiger charge is -2.32. The monoisotopic (exact) mass is 276 g/mol. The summed E-state index contributed by atoms with van der Waals surface area (Å²) in [4.78, 5) is 25.4. The van der Waals surface area contributed by atoms with Crippen LogP contribution in [0, 0.1) is 0 Å². The van der Waals surface area contributed by atoms with Crippen LogP contribution >= 0.6 is 0 Å². The number of amides is 2. The predicted octanol–water partition coefficient (Wildman–Crippen LogP) is 2.40. The summed E-state index contributed by atoms with van der Waals surface area (Å²) < 4.78 is 0. The summed E-state index contributed by atoms with van der Waals surface area (Å²) in [6.45, 7) is 4.66. The molecule has 0 aliphatic carbocycles. The van der Waals surface area contributed by atoms with Crippen LogP contribution in [0.2, 0.25) is 0 Å². The minimum absolute atomic E-state index is 0.218. The molecule has 1 aliphatic heterocycles. The van der Waals surface area contributed by atoms with E-state index in [2.05, 4.69) is 5.32 Å². The van der Waals surface area contributed by atoms with Crippen LogP contribution in [0.1, 0.15) is 38.3 Å². The molecule has 1 aromatic carbocycles. The number of hydrogen-bond acceptors (Lipinski definition) is 2. The van der Waals surface area contributed by atoms with Crippen LogP contribution in [0.15, 0.2) is 30.3 Å². The number of aliphatic carboxylic acids is 1. The van der Waals surface area contributed by atoms with Crippen molar-refractivity contribution in [2.75, 3.05) is 6.54 Å². The zero-order valence-corrected chi connectivity index (χ0v) is 11.8. The van der Waals surface area contributed by atoms with Gasteiger partial charge in [-0.25, -0.2) is 9.59 Å². The Hall–Kier alpha value is -2.04. The van der Waals surface area contributed by atoms with Gasteiger partial charge in [0.05, 0.1) is 0 Å². The zero-order valence-electron chi connectivity index (χ0n) is 11.8. The van der Waals surface area contributed by atoms with Crippen LogP contribution in [-0.4, -0.2) is 34.1 Å². The Labute approximate surface area is 118 Å². The summed E-state index contributed by atoms with van der Waals surface area (Å²) in [5.41, 5.74) is 0.356. The fourth-order valence-corrected chi connectivity index (χ4v) is 2.62. The Balaban J connectivity index is 2.13. The Bertz CT molecular complexity index is 499. The number of rotatable bonds is 3. The van der Waals surface area contributed by atoms with Crippen molar-refractivity contribution >= 4 is 12.0 Å². The van der Waals surface area contributed by atoms with E-state index in [1.165, 1.54) is 0 Å². The molecule has 5 heteroatoms. The number of nitrogens with one attached hydrogen (secondary N) is 1. The van der Waals surface area contributed by atoms with E-state index in [-0.39, 0.29) is 11.6 Å². The summed E-state index contributed by atoms with van der Waals surface area (Å²) in [6.07, 6.45) is 1.88. The third-order valence-electron chi connectivity index (χ3n) is 3.79. The van der Waals surface area contributed by atoms with Crippen LogP contribution in [-0.2, 0) is 4.79 Å². The Morgan fingerprint density at radius 2 is 1.95 bits per heavy atom. The third kappa shape index (κ3) is 2.92. The van der Waals surface area contributed by atoms with E-state index in [9.17, 15) is 14.7 Å². The maximum absolute atomic E-state index is 12.3. The highest BCUT2D eigenvalue weighted by atomic mass is 16.4. The molecule has 1 heterocycles. The second-order valence-electron chi connectivity index (χ2n) is 5.70. The molecule has 0 bridgehead atoms. The number of likely N-dealkylation sites (tertiary alicyclic amines) is 1. The molecule has 1 aromatic rings. The molecule has 20 heavy (non-hydrogen) atoms. The number of carbonyl (C=O) groups is 2. The molecule has 2 N–H and O–H groups in total. The van der Waals surface area contributed by atoms with Gasteiger partial charge in [0.15, 0.2) is 6.04 Å². The van der Waals surface area contributed by atoms with Crippen LogP contribution < -0.4 is 5.32 Å². The summed E-state index contributed by atoms with van der Waals surface area (Å²) >= 11 is 0. The van der Waals surface area contributed by atoms with Crippen LogP contribution in [0.4, 0.5) is 4.79 Å². The number of carboxylic acids is 1. The molecule has 1 saturated heterocycles. The number of carbonyl (C=O) groups excluding carboxylic acids is 1. The van der Waals surface area contributed by atoms with Gasteiger partial charge in [-0.1, -0.05) is 30.3 Å². The maximum Gasteiger partial charge on any atom is 0.330 e. The van der Waals surface area contributed by atoms with Crippen molar-refractivity contribution in [3.8, 4) is 0 Å². The molecule has 0 saturated carbocycles. The molecule has 1 fully saturated rings. The average molecular weight is 276 g/mol. The molecule has 2 rings (SSSR count). The number of hydrogen-bond donors (Lipinski definition) is 2. The van der Waals surface area contributed by atoms with Gasteiger partial charge < -0.3 is 15.3 Å². The summed E-state index contributed by atoms with van der Waals surface area (Å²) in [5.74, 6) is -1.05. The van der Waals surface area contributed by atoms with Crippen molar-refractivity contribution in [1.82, 2.24) is 10.2 Å². The van der Waals surface area contributed by atoms with E-state index in [4.69, 9.17) is 0 Å². The molecule has 108 valence electrons. The maximum atomic E-state index is 12.3. The van der Waals surface area contributed by atoms with E-state index >= 15 is 0 Å². The van der Waals surface area contributed by atoms with Crippen molar-refractivity contribution < 1.29 is 14.7 Å². The third-order valence-corrected chi connectivity index (χ3v) is 3.79. The Morgan fingerprint density at radius 1 is 1.30 bits per heavy atom. The molecular formula is C15H20N2O3. The first kappa shape index (κ1) is 14.4. The molecule has 0 radical (unpaired) electrons. The quantitative estimate of drug-likeness (QED) is 0.890. The smallest absolute Gasteiger partial charge is 0.330 e. The van der Waals surface area contributed by atoms with Gasteiger partial charge in [-0.3, -0.25) is 0 Å². The zero-order chi connectivity index (χ0) is 14.8. The number of urea groups is 1. The molecule has 0 aromatic heterocycles. The van der Waals surface area contributed by atoms with Crippen molar-refractivity contribution in [3.63, 3.8) is 0 Å². The van der Waals surface area contributed by atoms with Gasteiger partial charge in [-0.05, 0) is 32.3 Å². The Morgan fingerprint density at radius 3 is 2.45 bits per heavy atom. The van der Waals surface area contributed by atoms with E-state index in [1.54, 1.807) is 29.2 Å². The average Bonchev–Trinajstić information content (AvgIpc) is 2.76. The van der Waals surface area contributed by atoms with Crippen LogP contribution in [0.3, 0.4) is 0 Å². The largest absolute Gasteiger partial charge is 0.479 e. The number of nitrogens with zero attached hydrogens (tertiary/aromatic N) is 1. The van der Waals surface area contributed by atoms with Crippen LogP contribution in [0.25, 0.3) is 0 Å². The topological polar surface area (TPSA) is 69.6 Å². The minimum atomic E-state index is -1.05. The van der Waals surface area contributed by atoms with Gasteiger partial charge in [-0.15, -0.1) is 0 Å². The summed E-state index contributed by atoms with van der Waals surface area (Å²) in [6, 6.07) is 7.41. The van der Waals surface area contributed by atoms with Gasteiger partial charge in [0.2, 0.25) is 0 Å². The van der Waals surface area contributed by atoms with Crippen molar-refractivity contribution in [2.24, 2.45) is 0 Å². The first-order valence-corrected chi connectivity index (χ1v) is 6.78. The lowest BCUT2D eigenvalue weighted by molar-refractivity contribution is -0.139. The first-order valence-electron chi connectivity index (χ1n) is 6.78. The second kappa shape index (κ2) is 5.53. The van der Waals surface area contributed by atoms with Gasteiger partial charge in [0.25, 0.3) is 0 Å². The summed E-state index contributed by atoms with van der Waals surface area (Å²) in [7, 11) is 0.